The molecule has 0 bridgehead atoms. The van der Waals surface area contributed by atoms with Crippen LogP contribution in [0.3, 0.4) is 0 Å². The molecule has 0 saturated carbocycles. The molecule has 2 atom stereocenters. The lowest BCUT2D eigenvalue weighted by Gasteiger charge is -2.16. The van der Waals surface area contributed by atoms with E-state index in [2.05, 4.69) is 5.32 Å². The van der Waals surface area contributed by atoms with E-state index in [0.29, 0.717) is 24.4 Å². The SMILES string of the molecule is Cl.NC[C@H]1CC[C@@H](C(=O)Nc2cccc(OCC(=O)N3CCCC3)c2)O1. The minimum absolute atomic E-state index is 0. The van der Waals surface area contributed by atoms with E-state index in [1.165, 1.54) is 0 Å². The van der Waals surface area contributed by atoms with Crippen LogP contribution in [0.2, 0.25) is 0 Å². The van der Waals surface area contributed by atoms with E-state index in [1.807, 2.05) is 4.90 Å². The number of rotatable bonds is 6. The van der Waals surface area contributed by atoms with E-state index in [4.69, 9.17) is 15.2 Å². The monoisotopic (exact) mass is 383 g/mol. The number of hydrogen-bond acceptors (Lipinski definition) is 5. The van der Waals surface area contributed by atoms with Gasteiger partial charge in [-0.3, -0.25) is 9.59 Å². The minimum atomic E-state index is -0.463. The molecule has 1 aromatic carbocycles. The van der Waals surface area contributed by atoms with Crippen LogP contribution in [0.5, 0.6) is 5.75 Å². The van der Waals surface area contributed by atoms with Crippen LogP contribution < -0.4 is 15.8 Å². The number of amides is 2. The first-order valence-electron chi connectivity index (χ1n) is 8.83. The Morgan fingerprint density at radius 2 is 2.04 bits per heavy atom. The molecule has 0 radical (unpaired) electrons. The van der Waals surface area contributed by atoms with Gasteiger partial charge in [-0.25, -0.2) is 0 Å². The molecule has 2 saturated heterocycles. The van der Waals surface area contributed by atoms with Crippen LogP contribution in [0.15, 0.2) is 24.3 Å². The molecule has 8 heteroatoms. The lowest BCUT2D eigenvalue weighted by Crippen LogP contribution is -2.32. The fraction of sp³-hybridized carbons (Fsp3) is 0.556. The maximum absolute atomic E-state index is 12.2. The zero-order chi connectivity index (χ0) is 17.6. The lowest BCUT2D eigenvalue weighted by molar-refractivity contribution is -0.132. The van der Waals surface area contributed by atoms with Crippen LogP contribution in [-0.4, -0.2) is 55.2 Å². The number of nitrogens with one attached hydrogen (secondary N) is 1. The first-order chi connectivity index (χ1) is 12.2. The Morgan fingerprint density at radius 1 is 1.27 bits per heavy atom. The number of hydrogen-bond donors (Lipinski definition) is 2. The molecule has 3 rings (SSSR count). The number of nitrogens with two attached hydrogens (primary N) is 1. The third-order valence-corrected chi connectivity index (χ3v) is 4.59. The Kier molecular flexibility index (Phi) is 7.68. The second-order valence-corrected chi connectivity index (χ2v) is 6.45. The van der Waals surface area contributed by atoms with E-state index >= 15 is 0 Å². The summed E-state index contributed by atoms with van der Waals surface area (Å²) in [6, 6.07) is 7.04. The molecule has 7 nitrogen and oxygen atoms in total. The molecular formula is C18H26ClN3O4. The second-order valence-electron chi connectivity index (χ2n) is 6.45. The van der Waals surface area contributed by atoms with Gasteiger partial charge < -0.3 is 25.4 Å². The zero-order valence-electron chi connectivity index (χ0n) is 14.7. The predicted octanol–water partition coefficient (Wildman–Crippen LogP) is 1.55. The van der Waals surface area contributed by atoms with Gasteiger partial charge in [0, 0.05) is 31.4 Å². The van der Waals surface area contributed by atoms with Crippen molar-refractivity contribution in [1.82, 2.24) is 4.90 Å². The maximum Gasteiger partial charge on any atom is 0.260 e. The van der Waals surface area contributed by atoms with Gasteiger partial charge in [-0.15, -0.1) is 12.4 Å². The summed E-state index contributed by atoms with van der Waals surface area (Å²) in [6.45, 7) is 2.06. The lowest BCUT2D eigenvalue weighted by atomic mass is 10.2. The van der Waals surface area contributed by atoms with Crippen molar-refractivity contribution in [3.8, 4) is 5.75 Å². The van der Waals surface area contributed by atoms with E-state index in [0.717, 1.165) is 32.4 Å². The highest BCUT2D eigenvalue weighted by Crippen LogP contribution is 2.22. The van der Waals surface area contributed by atoms with E-state index in [1.54, 1.807) is 24.3 Å². The summed E-state index contributed by atoms with van der Waals surface area (Å²) in [7, 11) is 0. The van der Waals surface area contributed by atoms with Crippen molar-refractivity contribution in [3.63, 3.8) is 0 Å². The highest BCUT2D eigenvalue weighted by Gasteiger charge is 2.29. The van der Waals surface area contributed by atoms with Crippen molar-refractivity contribution in [1.29, 1.82) is 0 Å². The minimum Gasteiger partial charge on any atom is -0.484 e. The summed E-state index contributed by atoms with van der Waals surface area (Å²) < 4.78 is 11.2. The van der Waals surface area contributed by atoms with Crippen LogP contribution >= 0.6 is 12.4 Å². The number of anilines is 1. The highest BCUT2D eigenvalue weighted by molar-refractivity contribution is 5.94. The molecule has 144 valence electrons. The summed E-state index contributed by atoms with van der Waals surface area (Å²) >= 11 is 0. The normalized spacial score (nSPS) is 22.0. The number of carbonyl (C=O) groups excluding carboxylic acids is 2. The molecular weight excluding hydrogens is 358 g/mol. The van der Waals surface area contributed by atoms with E-state index in [-0.39, 0.29) is 36.9 Å². The van der Waals surface area contributed by atoms with Gasteiger partial charge in [0.2, 0.25) is 0 Å². The molecule has 2 aliphatic heterocycles. The van der Waals surface area contributed by atoms with Crippen LogP contribution in [0.25, 0.3) is 0 Å². The quantitative estimate of drug-likeness (QED) is 0.777. The largest absolute Gasteiger partial charge is 0.484 e. The average molecular weight is 384 g/mol. The molecule has 0 aliphatic carbocycles. The molecule has 0 spiro atoms. The summed E-state index contributed by atoms with van der Waals surface area (Å²) in [6.07, 6.45) is 3.09. The number of likely N-dealkylation sites (tertiary alicyclic amines) is 1. The second kappa shape index (κ2) is 9.75. The van der Waals surface area contributed by atoms with Crippen LogP contribution in [0.4, 0.5) is 5.69 Å². The Hall–Kier alpha value is -1.83. The summed E-state index contributed by atoms with van der Waals surface area (Å²) in [5.41, 5.74) is 6.19. The number of carbonyl (C=O) groups is 2. The molecule has 2 fully saturated rings. The third-order valence-electron chi connectivity index (χ3n) is 4.59. The summed E-state index contributed by atoms with van der Waals surface area (Å²) in [5.74, 6) is 0.373. The van der Waals surface area contributed by atoms with Gasteiger partial charge in [0.25, 0.3) is 11.8 Å². The zero-order valence-corrected chi connectivity index (χ0v) is 15.5. The van der Waals surface area contributed by atoms with Crippen molar-refractivity contribution in [2.24, 2.45) is 5.73 Å². The van der Waals surface area contributed by atoms with Gasteiger partial charge in [0.15, 0.2) is 6.61 Å². The number of benzene rings is 1. The fourth-order valence-electron chi connectivity index (χ4n) is 3.16. The smallest absolute Gasteiger partial charge is 0.260 e. The highest BCUT2D eigenvalue weighted by atomic mass is 35.5. The fourth-order valence-corrected chi connectivity index (χ4v) is 3.16. The van der Waals surface area contributed by atoms with Gasteiger partial charge in [0.05, 0.1) is 6.10 Å². The predicted molar refractivity (Wildman–Crippen MR) is 101 cm³/mol. The van der Waals surface area contributed by atoms with Crippen molar-refractivity contribution < 1.29 is 19.1 Å². The van der Waals surface area contributed by atoms with Gasteiger partial charge >= 0.3 is 0 Å². The summed E-state index contributed by atoms with van der Waals surface area (Å²) in [4.78, 5) is 26.1. The molecule has 26 heavy (non-hydrogen) atoms. The summed E-state index contributed by atoms with van der Waals surface area (Å²) in [5, 5.41) is 2.83. The van der Waals surface area contributed by atoms with E-state index < -0.39 is 6.10 Å². The van der Waals surface area contributed by atoms with Crippen molar-refractivity contribution >= 4 is 29.9 Å². The third kappa shape index (κ3) is 5.33. The van der Waals surface area contributed by atoms with Crippen LogP contribution in [0.1, 0.15) is 25.7 Å². The Morgan fingerprint density at radius 3 is 2.73 bits per heavy atom. The molecule has 0 aromatic heterocycles. The topological polar surface area (TPSA) is 93.9 Å². The van der Waals surface area contributed by atoms with Crippen molar-refractivity contribution in [2.45, 2.75) is 37.9 Å². The van der Waals surface area contributed by atoms with Crippen LogP contribution in [0, 0.1) is 0 Å². The van der Waals surface area contributed by atoms with Crippen molar-refractivity contribution in [3.05, 3.63) is 24.3 Å². The van der Waals surface area contributed by atoms with Gasteiger partial charge in [-0.2, -0.15) is 0 Å². The van der Waals surface area contributed by atoms with E-state index in [9.17, 15) is 9.59 Å². The Bertz CT molecular complexity index is 622. The van der Waals surface area contributed by atoms with Gasteiger partial charge in [-0.05, 0) is 37.8 Å². The molecule has 2 amide bonds. The standard InChI is InChI=1S/C18H25N3O4.ClH/c19-11-15-6-7-16(25-15)18(23)20-13-4-3-5-14(10-13)24-12-17(22)21-8-1-2-9-21;/h3-5,10,15-16H,1-2,6-9,11-12,19H2,(H,20,23);1H/t15-,16+;/m1./s1. The Labute approximate surface area is 159 Å². The molecule has 3 N–H and O–H groups in total. The molecule has 2 heterocycles. The number of nitrogens with zero attached hydrogens (tertiary/aromatic N) is 1. The number of halogens is 1. The maximum atomic E-state index is 12.2. The first kappa shape index (κ1) is 20.5. The first-order valence-corrected chi connectivity index (χ1v) is 8.83. The molecule has 1 aromatic rings. The van der Waals surface area contributed by atoms with Crippen LogP contribution in [-0.2, 0) is 14.3 Å². The van der Waals surface area contributed by atoms with Gasteiger partial charge in [-0.1, -0.05) is 6.07 Å². The van der Waals surface area contributed by atoms with Crippen molar-refractivity contribution in [2.75, 3.05) is 31.6 Å². The average Bonchev–Trinajstić information content (AvgIpc) is 3.31. The molecule has 0 unspecified atom stereocenters. The molecule has 2 aliphatic rings. The van der Waals surface area contributed by atoms with Gasteiger partial charge in [0.1, 0.15) is 11.9 Å². The Balaban J connectivity index is 0.00000243. The number of ether oxygens (including phenoxy) is 2.